The summed E-state index contributed by atoms with van der Waals surface area (Å²) >= 11 is 0. The molecule has 27 heavy (non-hydrogen) atoms. The zero-order valence-electron chi connectivity index (χ0n) is 15.0. The summed E-state index contributed by atoms with van der Waals surface area (Å²) in [5.41, 5.74) is 10.9. The fourth-order valence-corrected chi connectivity index (χ4v) is 4.63. The number of rotatable bonds is 1. The Bertz CT molecular complexity index is 1250. The molecule has 0 fully saturated rings. The van der Waals surface area contributed by atoms with Crippen LogP contribution in [0.25, 0.3) is 39.1 Å². The number of benzene rings is 4. The lowest BCUT2D eigenvalue weighted by Gasteiger charge is -2.16. The highest BCUT2D eigenvalue weighted by Gasteiger charge is 2.21. The van der Waals surface area contributed by atoms with Gasteiger partial charge in [0.1, 0.15) is 0 Å². The van der Waals surface area contributed by atoms with Crippen molar-refractivity contribution in [3.8, 4) is 22.3 Å². The van der Waals surface area contributed by atoms with Crippen molar-refractivity contribution >= 4 is 22.5 Å². The molecule has 0 aromatic heterocycles. The van der Waals surface area contributed by atoms with Crippen molar-refractivity contribution in [2.24, 2.45) is 0 Å². The van der Waals surface area contributed by atoms with E-state index in [2.05, 4.69) is 90.3 Å². The van der Waals surface area contributed by atoms with E-state index < -0.39 is 0 Å². The van der Waals surface area contributed by atoms with E-state index in [-0.39, 0.29) is 0 Å². The Morgan fingerprint density at radius 3 is 2.63 bits per heavy atom. The summed E-state index contributed by atoms with van der Waals surface area (Å²) in [6.07, 6.45) is 5.46. The van der Waals surface area contributed by atoms with Crippen LogP contribution in [0.15, 0.2) is 78.9 Å². The molecule has 0 unspecified atom stereocenters. The van der Waals surface area contributed by atoms with Gasteiger partial charge in [0, 0.05) is 17.8 Å². The van der Waals surface area contributed by atoms with Crippen LogP contribution in [-0.2, 0) is 6.42 Å². The van der Waals surface area contributed by atoms with Gasteiger partial charge in [-0.3, -0.25) is 0 Å². The molecule has 1 aliphatic carbocycles. The van der Waals surface area contributed by atoms with Gasteiger partial charge in [-0.25, -0.2) is 0 Å². The van der Waals surface area contributed by atoms with Crippen molar-refractivity contribution in [3.05, 3.63) is 95.6 Å². The van der Waals surface area contributed by atoms with E-state index in [1.807, 2.05) is 0 Å². The first-order valence-corrected chi connectivity index (χ1v) is 9.56. The Hall–Kier alpha value is -3.32. The maximum absolute atomic E-state index is 3.46. The van der Waals surface area contributed by atoms with Gasteiger partial charge in [0.2, 0.25) is 0 Å². The molecule has 1 nitrogen and oxygen atoms in total. The van der Waals surface area contributed by atoms with Crippen molar-refractivity contribution in [2.75, 3.05) is 11.9 Å². The molecule has 6 rings (SSSR count). The first-order chi connectivity index (χ1) is 13.4. The van der Waals surface area contributed by atoms with Gasteiger partial charge in [0.25, 0.3) is 0 Å². The topological polar surface area (TPSA) is 12.0 Å². The number of nitrogens with one attached hydrogen (secondary N) is 1. The predicted molar refractivity (Wildman–Crippen MR) is 115 cm³/mol. The summed E-state index contributed by atoms with van der Waals surface area (Å²) in [7, 11) is 0. The van der Waals surface area contributed by atoms with Crippen molar-refractivity contribution < 1.29 is 0 Å². The Balaban J connectivity index is 1.53. The fraction of sp³-hybridized carbons (Fsp3) is 0.0769. The zero-order valence-corrected chi connectivity index (χ0v) is 15.0. The second-order valence-electron chi connectivity index (χ2n) is 7.41. The van der Waals surface area contributed by atoms with Gasteiger partial charge in [-0.15, -0.1) is 0 Å². The molecule has 4 aromatic rings. The molecule has 0 amide bonds. The lowest BCUT2D eigenvalue weighted by molar-refractivity contribution is 1.26. The second-order valence-corrected chi connectivity index (χ2v) is 7.41. The predicted octanol–water partition coefficient (Wildman–Crippen LogP) is 6.52. The van der Waals surface area contributed by atoms with Gasteiger partial charge in [-0.2, -0.15) is 0 Å². The Labute approximate surface area is 159 Å². The van der Waals surface area contributed by atoms with Crippen LogP contribution in [0.5, 0.6) is 0 Å². The van der Waals surface area contributed by atoms with Gasteiger partial charge >= 0.3 is 0 Å². The van der Waals surface area contributed by atoms with Crippen molar-refractivity contribution in [3.63, 3.8) is 0 Å². The van der Waals surface area contributed by atoms with E-state index in [4.69, 9.17) is 0 Å². The minimum absolute atomic E-state index is 0.910. The molecule has 0 atom stereocenters. The van der Waals surface area contributed by atoms with Crippen LogP contribution >= 0.6 is 0 Å². The average Bonchev–Trinajstić information content (AvgIpc) is 3.12. The summed E-state index contributed by atoms with van der Waals surface area (Å²) in [6.45, 7) is 0.910. The molecular formula is C26H19N. The molecule has 2 aliphatic rings. The third kappa shape index (κ3) is 2.18. The van der Waals surface area contributed by atoms with Crippen LogP contribution in [0.3, 0.4) is 0 Å². The highest BCUT2D eigenvalue weighted by molar-refractivity contribution is 5.99. The first-order valence-electron chi connectivity index (χ1n) is 9.56. The number of hydrogen-bond donors (Lipinski definition) is 1. The fourth-order valence-electron chi connectivity index (χ4n) is 4.63. The average molecular weight is 345 g/mol. The molecule has 0 saturated carbocycles. The van der Waals surface area contributed by atoms with E-state index in [1.54, 1.807) is 0 Å². The van der Waals surface area contributed by atoms with Crippen LogP contribution < -0.4 is 5.32 Å². The lowest BCUT2D eigenvalue weighted by atomic mass is 9.92. The van der Waals surface area contributed by atoms with E-state index in [0.717, 1.165) is 13.0 Å². The zero-order chi connectivity index (χ0) is 17.8. The van der Waals surface area contributed by atoms with Crippen LogP contribution in [0.1, 0.15) is 16.7 Å². The van der Waals surface area contributed by atoms with Crippen LogP contribution in [-0.4, -0.2) is 6.54 Å². The van der Waals surface area contributed by atoms with E-state index in [0.29, 0.717) is 0 Å². The molecule has 1 heteroatoms. The molecule has 0 saturated heterocycles. The van der Waals surface area contributed by atoms with E-state index in [9.17, 15) is 0 Å². The van der Waals surface area contributed by atoms with Gasteiger partial charge in [0.15, 0.2) is 0 Å². The van der Waals surface area contributed by atoms with E-state index in [1.165, 1.54) is 55.4 Å². The van der Waals surface area contributed by atoms with Crippen LogP contribution in [0.2, 0.25) is 0 Å². The normalized spacial score (nSPS) is 13.8. The van der Waals surface area contributed by atoms with Crippen LogP contribution in [0, 0.1) is 0 Å². The number of fused-ring (bicyclic) bond motifs is 6. The second kappa shape index (κ2) is 5.59. The highest BCUT2D eigenvalue weighted by atomic mass is 14.9. The van der Waals surface area contributed by atoms with Crippen LogP contribution in [0.4, 0.5) is 5.69 Å². The van der Waals surface area contributed by atoms with Crippen molar-refractivity contribution in [2.45, 2.75) is 6.42 Å². The standard InChI is InChI=1S/C26H19N/c1-2-6-20-17(5-1)16-25-21(7-3-8-23(20)25)18-10-12-22-19(15-18)11-13-26-24(22)9-4-14-27-26/h1-13,15,27H,14,16H2. The summed E-state index contributed by atoms with van der Waals surface area (Å²) < 4.78 is 0. The quantitative estimate of drug-likeness (QED) is 0.365. The Kier molecular flexibility index (Phi) is 3.06. The maximum atomic E-state index is 3.46. The third-order valence-electron chi connectivity index (χ3n) is 5.92. The molecule has 4 aromatic carbocycles. The maximum Gasteiger partial charge on any atom is 0.0422 e. The number of anilines is 1. The molecule has 0 radical (unpaired) electrons. The molecule has 1 heterocycles. The monoisotopic (exact) mass is 345 g/mol. The largest absolute Gasteiger partial charge is 0.381 e. The first kappa shape index (κ1) is 14.8. The summed E-state index contributed by atoms with van der Waals surface area (Å²) in [6, 6.07) is 26.9. The minimum Gasteiger partial charge on any atom is -0.381 e. The molecule has 0 spiro atoms. The van der Waals surface area contributed by atoms with Crippen molar-refractivity contribution in [1.82, 2.24) is 0 Å². The van der Waals surface area contributed by atoms with Crippen molar-refractivity contribution in [1.29, 1.82) is 0 Å². The van der Waals surface area contributed by atoms with Gasteiger partial charge < -0.3 is 5.32 Å². The SMILES string of the molecule is C1=Cc2c(ccc3cc(-c4cccc5c4Cc4ccccc4-5)ccc23)NC1. The molecule has 128 valence electrons. The minimum atomic E-state index is 0.910. The lowest BCUT2D eigenvalue weighted by Crippen LogP contribution is -2.04. The summed E-state index contributed by atoms with van der Waals surface area (Å²) in [4.78, 5) is 0. The molecule has 0 bridgehead atoms. The third-order valence-corrected chi connectivity index (χ3v) is 5.92. The molecule has 1 aliphatic heterocycles. The van der Waals surface area contributed by atoms with E-state index >= 15 is 0 Å². The van der Waals surface area contributed by atoms with Gasteiger partial charge in [0.05, 0.1) is 0 Å². The molecular weight excluding hydrogens is 326 g/mol. The highest BCUT2D eigenvalue weighted by Crippen LogP contribution is 2.42. The van der Waals surface area contributed by atoms with Gasteiger partial charge in [-0.05, 0) is 62.7 Å². The summed E-state index contributed by atoms with van der Waals surface area (Å²) in [5.74, 6) is 0. The summed E-state index contributed by atoms with van der Waals surface area (Å²) in [5, 5.41) is 6.07. The molecule has 1 N–H and O–H groups in total. The van der Waals surface area contributed by atoms with Gasteiger partial charge in [-0.1, -0.05) is 72.8 Å². The Morgan fingerprint density at radius 1 is 0.741 bits per heavy atom. The smallest absolute Gasteiger partial charge is 0.0422 e. The Morgan fingerprint density at radius 2 is 1.63 bits per heavy atom. The number of hydrogen-bond acceptors (Lipinski definition) is 1.